The molecular formula is C16H21N5O6. The fourth-order valence-corrected chi connectivity index (χ4v) is 3.44. The highest BCUT2D eigenvalue weighted by atomic mass is 16.6. The molecule has 2 bridgehead atoms. The molecular weight excluding hydrogens is 358 g/mol. The summed E-state index contributed by atoms with van der Waals surface area (Å²) in [6.45, 7) is 3.40. The van der Waals surface area contributed by atoms with E-state index in [2.05, 4.69) is 20.3 Å². The zero-order chi connectivity index (χ0) is 19.3. The number of aliphatic hydroxyl groups excluding tert-OH is 2. The van der Waals surface area contributed by atoms with Crippen LogP contribution in [0.15, 0.2) is 11.1 Å². The summed E-state index contributed by atoms with van der Waals surface area (Å²) >= 11 is 0. The third kappa shape index (κ3) is 2.74. The molecule has 4 rings (SSSR count). The molecule has 2 aliphatic rings. The number of aromatic amines is 1. The van der Waals surface area contributed by atoms with Gasteiger partial charge in [-0.05, 0) is 0 Å². The number of anilines is 1. The minimum absolute atomic E-state index is 0.00717. The number of amides is 1. The second-order valence-corrected chi connectivity index (χ2v) is 7.14. The van der Waals surface area contributed by atoms with Crippen LogP contribution in [0.5, 0.6) is 0 Å². The van der Waals surface area contributed by atoms with Gasteiger partial charge in [0.15, 0.2) is 17.4 Å². The smallest absolute Gasteiger partial charge is 0.280 e. The topological polar surface area (TPSA) is 152 Å². The molecule has 0 aromatic carbocycles. The van der Waals surface area contributed by atoms with Gasteiger partial charge in [0.1, 0.15) is 17.8 Å². The minimum Gasteiger partial charge on any atom is -0.393 e. The number of H-pyrrole nitrogens is 1. The number of nitrogens with zero attached hydrogens (tertiary/aromatic N) is 3. The van der Waals surface area contributed by atoms with Crippen molar-refractivity contribution < 1.29 is 24.5 Å². The summed E-state index contributed by atoms with van der Waals surface area (Å²) < 4.78 is 13.1. The van der Waals surface area contributed by atoms with Crippen LogP contribution in [0.3, 0.4) is 0 Å². The molecule has 4 atom stereocenters. The van der Waals surface area contributed by atoms with E-state index in [9.17, 15) is 19.8 Å². The summed E-state index contributed by atoms with van der Waals surface area (Å²) in [4.78, 5) is 35.0. The number of hydrogen-bond donors (Lipinski definition) is 4. The molecule has 2 aromatic rings. The first-order chi connectivity index (χ1) is 12.9. The van der Waals surface area contributed by atoms with Crippen LogP contribution >= 0.6 is 0 Å². The van der Waals surface area contributed by atoms with Crippen LogP contribution < -0.4 is 10.9 Å². The van der Waals surface area contributed by atoms with Gasteiger partial charge in [-0.2, -0.15) is 4.98 Å². The van der Waals surface area contributed by atoms with Crippen molar-refractivity contribution in [1.29, 1.82) is 0 Å². The van der Waals surface area contributed by atoms with Crippen molar-refractivity contribution in [1.82, 2.24) is 19.5 Å². The molecule has 2 saturated heterocycles. The zero-order valence-corrected chi connectivity index (χ0v) is 14.9. The Morgan fingerprint density at radius 1 is 1.56 bits per heavy atom. The Balaban J connectivity index is 1.76. The molecule has 146 valence electrons. The summed E-state index contributed by atoms with van der Waals surface area (Å²) in [5.41, 5.74) is -1.40. The highest BCUT2D eigenvalue weighted by Gasteiger charge is 2.58. The summed E-state index contributed by atoms with van der Waals surface area (Å²) in [5, 5.41) is 22.8. The van der Waals surface area contributed by atoms with Gasteiger partial charge in [0.25, 0.3) is 5.56 Å². The van der Waals surface area contributed by atoms with Crippen molar-refractivity contribution >= 4 is 23.0 Å². The van der Waals surface area contributed by atoms with Gasteiger partial charge in [0.2, 0.25) is 11.9 Å². The van der Waals surface area contributed by atoms with Crippen LogP contribution in [-0.2, 0) is 14.3 Å². The maximum Gasteiger partial charge on any atom is 0.280 e. The van der Waals surface area contributed by atoms with Crippen molar-refractivity contribution in [2.75, 3.05) is 18.5 Å². The lowest BCUT2D eigenvalue weighted by Gasteiger charge is -2.33. The Morgan fingerprint density at radius 2 is 2.33 bits per heavy atom. The lowest BCUT2D eigenvalue weighted by atomic mass is 9.90. The van der Waals surface area contributed by atoms with E-state index in [1.54, 1.807) is 13.8 Å². The van der Waals surface area contributed by atoms with Crippen molar-refractivity contribution in [3.8, 4) is 0 Å². The fourth-order valence-electron chi connectivity index (χ4n) is 3.44. The van der Waals surface area contributed by atoms with E-state index >= 15 is 0 Å². The molecule has 0 aliphatic carbocycles. The monoisotopic (exact) mass is 379 g/mol. The summed E-state index contributed by atoms with van der Waals surface area (Å²) in [5.74, 6) is -0.594. The van der Waals surface area contributed by atoms with Crippen LogP contribution in [0, 0.1) is 5.92 Å². The van der Waals surface area contributed by atoms with Gasteiger partial charge in [-0.25, -0.2) is 4.98 Å². The molecule has 0 saturated carbocycles. The maximum absolute atomic E-state index is 12.3. The molecule has 11 nitrogen and oxygen atoms in total. The van der Waals surface area contributed by atoms with Crippen molar-refractivity contribution in [3.05, 3.63) is 16.7 Å². The number of rotatable bonds is 4. The molecule has 0 spiro atoms. The number of hydrogen-bond acceptors (Lipinski definition) is 8. The number of fused-ring (bicyclic) bond motifs is 3. The Morgan fingerprint density at radius 3 is 3.00 bits per heavy atom. The van der Waals surface area contributed by atoms with Gasteiger partial charge in [-0.15, -0.1) is 0 Å². The number of aromatic nitrogens is 4. The first-order valence-electron chi connectivity index (χ1n) is 8.72. The third-order valence-corrected chi connectivity index (χ3v) is 5.06. The molecule has 4 N–H and O–H groups in total. The lowest BCUT2D eigenvalue weighted by molar-refractivity contribution is -0.143. The van der Waals surface area contributed by atoms with E-state index in [-0.39, 0.29) is 35.5 Å². The average Bonchev–Trinajstić information content (AvgIpc) is 3.09. The van der Waals surface area contributed by atoms with Crippen molar-refractivity contribution in [3.63, 3.8) is 0 Å². The Labute approximate surface area is 153 Å². The predicted octanol–water partition coefficient (Wildman–Crippen LogP) is -0.876. The number of carbonyl (C=O) groups excluding carboxylic acids is 1. The van der Waals surface area contributed by atoms with Gasteiger partial charge >= 0.3 is 0 Å². The van der Waals surface area contributed by atoms with Gasteiger partial charge in [-0.1, -0.05) is 13.8 Å². The molecule has 4 heterocycles. The molecule has 11 heteroatoms. The van der Waals surface area contributed by atoms with E-state index < -0.39 is 29.6 Å². The van der Waals surface area contributed by atoms with Crippen LogP contribution in [0.1, 0.15) is 26.5 Å². The normalized spacial score (nSPS) is 30.2. The second kappa shape index (κ2) is 6.37. The third-order valence-electron chi connectivity index (χ3n) is 5.06. The summed E-state index contributed by atoms with van der Waals surface area (Å²) in [6, 6.07) is 0. The maximum atomic E-state index is 12.3. The Bertz CT molecular complexity index is 939. The van der Waals surface area contributed by atoms with Crippen LogP contribution in [0.2, 0.25) is 0 Å². The number of carbonyl (C=O) groups is 1. The Hall–Kier alpha value is -2.34. The molecule has 2 aromatic heterocycles. The van der Waals surface area contributed by atoms with Crippen molar-refractivity contribution in [2.24, 2.45) is 5.92 Å². The summed E-state index contributed by atoms with van der Waals surface area (Å²) in [7, 11) is 0. The average molecular weight is 379 g/mol. The van der Waals surface area contributed by atoms with Gasteiger partial charge in [-0.3, -0.25) is 24.5 Å². The molecule has 0 radical (unpaired) electrons. The number of nitrogens with one attached hydrogen (secondary N) is 2. The minimum atomic E-state index is -1.12. The number of ether oxygens (including phenoxy) is 2. The van der Waals surface area contributed by atoms with Gasteiger partial charge < -0.3 is 19.7 Å². The number of imidazole rings is 1. The highest BCUT2D eigenvalue weighted by molar-refractivity contribution is 5.91. The summed E-state index contributed by atoms with van der Waals surface area (Å²) in [6.07, 6.45) is -0.872. The second-order valence-electron chi connectivity index (χ2n) is 7.14. The lowest BCUT2D eigenvalue weighted by Crippen LogP contribution is -2.51. The highest BCUT2D eigenvalue weighted by Crippen LogP contribution is 2.44. The van der Waals surface area contributed by atoms with Crippen LogP contribution in [0.25, 0.3) is 11.2 Å². The van der Waals surface area contributed by atoms with Crippen LogP contribution in [-0.4, -0.2) is 66.7 Å². The first kappa shape index (κ1) is 18.0. The predicted molar refractivity (Wildman–Crippen MR) is 91.9 cm³/mol. The number of aliphatic hydroxyl groups is 2. The molecule has 1 amide bonds. The fraction of sp³-hybridized carbons (Fsp3) is 0.625. The molecule has 1 unspecified atom stereocenters. The largest absolute Gasteiger partial charge is 0.393 e. The van der Waals surface area contributed by atoms with Gasteiger partial charge in [0, 0.05) is 12.3 Å². The first-order valence-corrected chi connectivity index (χ1v) is 8.72. The quantitative estimate of drug-likeness (QED) is 0.535. The molecule has 27 heavy (non-hydrogen) atoms. The van der Waals surface area contributed by atoms with E-state index in [4.69, 9.17) is 9.47 Å². The van der Waals surface area contributed by atoms with E-state index in [1.165, 1.54) is 10.9 Å². The SMILES string of the molecule is CC(C)C(=O)Nc1nc2c(ncn2[C@@H]2O[C@@]3(CO)CCOC2[C@H]3O)c(=O)[nH]1. The van der Waals surface area contributed by atoms with Crippen molar-refractivity contribution in [2.45, 2.75) is 44.3 Å². The van der Waals surface area contributed by atoms with Crippen LogP contribution in [0.4, 0.5) is 5.95 Å². The van der Waals surface area contributed by atoms with E-state index in [0.717, 1.165) is 0 Å². The Kier molecular flexibility index (Phi) is 4.26. The standard InChI is InChI=1S/C16H21N5O6/c1-7(2)12(24)19-15-18-11-8(13(25)20-15)17-6-21(11)14-9-10(23)16(5-22,27-14)3-4-26-9/h6-7,9-10,14,22-23H,3-5H2,1-2H3,(H2,18,19,20,24,25)/t9?,10-,14-,16-/m1/s1. The van der Waals surface area contributed by atoms with E-state index in [1.807, 2.05) is 0 Å². The molecule has 2 fully saturated rings. The molecule has 2 aliphatic heterocycles. The van der Waals surface area contributed by atoms with Gasteiger partial charge in [0.05, 0.1) is 19.5 Å². The van der Waals surface area contributed by atoms with E-state index in [0.29, 0.717) is 13.0 Å². The zero-order valence-electron chi connectivity index (χ0n) is 14.9.